The summed E-state index contributed by atoms with van der Waals surface area (Å²) in [5.41, 5.74) is 4.26. The van der Waals surface area contributed by atoms with E-state index in [-0.39, 0.29) is 23.7 Å². The van der Waals surface area contributed by atoms with Crippen LogP contribution in [0.4, 0.5) is 5.69 Å². The van der Waals surface area contributed by atoms with Gasteiger partial charge in [0.25, 0.3) is 5.69 Å². The largest absolute Gasteiger partial charge is 0.457 e. The molecule has 6 heteroatoms. The smallest absolute Gasteiger partial charge is 0.339 e. The average Bonchev–Trinajstić information content (AvgIpc) is 2.75. The van der Waals surface area contributed by atoms with Crippen LogP contribution in [0.1, 0.15) is 54.4 Å². The third kappa shape index (κ3) is 4.29. The number of ether oxygens (including phenoxy) is 1. The lowest BCUT2D eigenvalue weighted by Gasteiger charge is -2.35. The number of nitrogens with zero attached hydrogens (tertiary/aromatic N) is 2. The van der Waals surface area contributed by atoms with Crippen molar-refractivity contribution in [2.45, 2.75) is 46.6 Å². The molecule has 0 amide bonds. The number of carbonyl (C=O) groups excluding carboxylic acids is 1. The van der Waals surface area contributed by atoms with Crippen LogP contribution in [0, 0.1) is 21.4 Å². The fourth-order valence-corrected chi connectivity index (χ4v) is 4.30. The minimum Gasteiger partial charge on any atom is -0.457 e. The van der Waals surface area contributed by atoms with Gasteiger partial charge in [-0.1, -0.05) is 39.0 Å². The van der Waals surface area contributed by atoms with Crippen molar-refractivity contribution in [3.05, 3.63) is 81.0 Å². The van der Waals surface area contributed by atoms with Crippen molar-refractivity contribution in [3.8, 4) is 0 Å². The predicted octanol–water partition coefficient (Wildman–Crippen LogP) is 5.65. The number of hydrogen-bond acceptors (Lipinski definition) is 5. The standard InChI is InChI=1S/C25H26N2O4/c1-25(2,3)17-10-13-22-20(14-17)23(19-6-4-5-7-21(19)26-22)24(28)31-15-16-8-11-18(12-9-16)27(29)30/h4-9,11-12,17H,10,13-15H2,1-3H3. The monoisotopic (exact) mass is 418 g/mol. The number of nitro groups is 1. The van der Waals surface area contributed by atoms with Crippen LogP contribution in [0.15, 0.2) is 48.5 Å². The van der Waals surface area contributed by atoms with E-state index >= 15 is 0 Å². The van der Waals surface area contributed by atoms with Crippen molar-refractivity contribution in [2.24, 2.45) is 11.3 Å². The molecule has 160 valence electrons. The molecule has 0 aliphatic heterocycles. The zero-order valence-corrected chi connectivity index (χ0v) is 18.1. The molecule has 6 nitrogen and oxygen atoms in total. The van der Waals surface area contributed by atoms with Crippen LogP contribution in [0.25, 0.3) is 10.9 Å². The molecular formula is C25H26N2O4. The maximum Gasteiger partial charge on any atom is 0.339 e. The first-order chi connectivity index (χ1) is 14.7. The molecule has 1 aliphatic carbocycles. The second-order valence-corrected chi connectivity index (χ2v) is 9.23. The molecule has 1 aromatic heterocycles. The molecule has 1 unspecified atom stereocenters. The number of non-ortho nitro benzene ring substituents is 1. The van der Waals surface area contributed by atoms with Gasteiger partial charge in [0.1, 0.15) is 6.61 Å². The summed E-state index contributed by atoms with van der Waals surface area (Å²) >= 11 is 0. The first-order valence-electron chi connectivity index (χ1n) is 10.5. The number of rotatable bonds is 4. The van der Waals surface area contributed by atoms with Crippen LogP contribution in [0.3, 0.4) is 0 Å². The molecule has 2 aromatic carbocycles. The van der Waals surface area contributed by atoms with Crippen LogP contribution in [0.2, 0.25) is 0 Å². The minimum atomic E-state index is -0.448. The first-order valence-corrected chi connectivity index (χ1v) is 10.5. The average molecular weight is 418 g/mol. The molecule has 3 aromatic rings. The molecule has 0 fully saturated rings. The summed E-state index contributed by atoms with van der Waals surface area (Å²) in [4.78, 5) is 28.5. The highest BCUT2D eigenvalue weighted by Crippen LogP contribution is 2.39. The fraction of sp³-hybridized carbons (Fsp3) is 0.360. The van der Waals surface area contributed by atoms with Gasteiger partial charge in [0.05, 0.1) is 16.0 Å². The number of aryl methyl sites for hydroxylation is 1. The van der Waals surface area contributed by atoms with E-state index in [1.54, 1.807) is 12.1 Å². The first kappa shape index (κ1) is 21.0. The summed E-state index contributed by atoms with van der Waals surface area (Å²) in [6.07, 6.45) is 2.71. The number of para-hydroxylation sites is 1. The Morgan fingerprint density at radius 3 is 2.55 bits per heavy atom. The van der Waals surface area contributed by atoms with E-state index in [1.807, 2.05) is 24.3 Å². The van der Waals surface area contributed by atoms with Crippen LogP contribution in [0.5, 0.6) is 0 Å². The molecule has 0 bridgehead atoms. The number of fused-ring (bicyclic) bond motifs is 2. The summed E-state index contributed by atoms with van der Waals surface area (Å²) in [6, 6.07) is 13.7. The number of benzene rings is 2. The highest BCUT2D eigenvalue weighted by molar-refractivity contribution is 6.05. The second kappa shape index (κ2) is 8.10. The third-order valence-corrected chi connectivity index (χ3v) is 6.21. The molecule has 0 N–H and O–H groups in total. The van der Waals surface area contributed by atoms with Crippen LogP contribution >= 0.6 is 0 Å². The Kier molecular flexibility index (Phi) is 5.48. The minimum absolute atomic E-state index is 0.0116. The van der Waals surface area contributed by atoms with Gasteiger partial charge < -0.3 is 4.74 Å². The van der Waals surface area contributed by atoms with E-state index < -0.39 is 4.92 Å². The van der Waals surface area contributed by atoms with Crippen molar-refractivity contribution in [2.75, 3.05) is 0 Å². The van der Waals surface area contributed by atoms with Gasteiger partial charge in [-0.2, -0.15) is 0 Å². The quantitative estimate of drug-likeness (QED) is 0.311. The molecule has 1 heterocycles. The van der Waals surface area contributed by atoms with Gasteiger partial charge in [0, 0.05) is 23.2 Å². The Morgan fingerprint density at radius 2 is 1.87 bits per heavy atom. The number of carbonyl (C=O) groups is 1. The summed E-state index contributed by atoms with van der Waals surface area (Å²) in [7, 11) is 0. The van der Waals surface area contributed by atoms with Crippen molar-refractivity contribution in [3.63, 3.8) is 0 Å². The summed E-state index contributed by atoms with van der Waals surface area (Å²) in [5.74, 6) is 0.0898. The predicted molar refractivity (Wildman–Crippen MR) is 119 cm³/mol. The Balaban J connectivity index is 1.67. The molecule has 0 saturated heterocycles. The zero-order valence-electron chi connectivity index (χ0n) is 18.1. The van der Waals surface area contributed by atoms with Crippen molar-refractivity contribution < 1.29 is 14.5 Å². The number of nitro benzene ring substituents is 1. The van der Waals surface area contributed by atoms with Gasteiger partial charge in [-0.3, -0.25) is 15.1 Å². The third-order valence-electron chi connectivity index (χ3n) is 6.21. The van der Waals surface area contributed by atoms with Gasteiger partial charge in [-0.25, -0.2) is 4.79 Å². The van der Waals surface area contributed by atoms with Crippen LogP contribution < -0.4 is 0 Å². The van der Waals surface area contributed by atoms with Crippen molar-refractivity contribution in [1.82, 2.24) is 4.98 Å². The van der Waals surface area contributed by atoms with E-state index in [2.05, 4.69) is 20.8 Å². The number of aromatic nitrogens is 1. The molecule has 0 saturated carbocycles. The maximum atomic E-state index is 13.3. The zero-order chi connectivity index (χ0) is 22.2. The van der Waals surface area contributed by atoms with E-state index in [4.69, 9.17) is 9.72 Å². The molecule has 0 radical (unpaired) electrons. The molecule has 1 aliphatic rings. The Morgan fingerprint density at radius 1 is 1.16 bits per heavy atom. The summed E-state index contributed by atoms with van der Waals surface area (Å²) in [5, 5.41) is 11.6. The Hall–Kier alpha value is -3.28. The summed E-state index contributed by atoms with van der Waals surface area (Å²) in [6.45, 7) is 6.78. The van der Waals surface area contributed by atoms with Crippen molar-refractivity contribution in [1.29, 1.82) is 0 Å². The second-order valence-electron chi connectivity index (χ2n) is 9.23. The Bertz CT molecular complexity index is 1150. The number of esters is 1. The normalized spacial score (nSPS) is 16.0. The maximum absolute atomic E-state index is 13.3. The van der Waals surface area contributed by atoms with E-state index in [1.165, 1.54) is 12.1 Å². The van der Waals surface area contributed by atoms with E-state index in [0.29, 0.717) is 17.0 Å². The van der Waals surface area contributed by atoms with Gasteiger partial charge in [-0.05, 0) is 59.9 Å². The summed E-state index contributed by atoms with van der Waals surface area (Å²) < 4.78 is 5.67. The van der Waals surface area contributed by atoms with Gasteiger partial charge >= 0.3 is 5.97 Å². The molecule has 31 heavy (non-hydrogen) atoms. The highest BCUT2D eigenvalue weighted by atomic mass is 16.6. The molecule has 4 rings (SSSR count). The molecular weight excluding hydrogens is 392 g/mol. The van der Waals surface area contributed by atoms with E-state index in [0.717, 1.165) is 41.4 Å². The van der Waals surface area contributed by atoms with Crippen LogP contribution in [-0.2, 0) is 24.2 Å². The number of pyridine rings is 1. The lowest BCUT2D eigenvalue weighted by atomic mass is 9.70. The lowest BCUT2D eigenvalue weighted by molar-refractivity contribution is -0.384. The van der Waals surface area contributed by atoms with Gasteiger partial charge in [0.2, 0.25) is 0 Å². The Labute approximate surface area is 181 Å². The van der Waals surface area contributed by atoms with Gasteiger partial charge in [-0.15, -0.1) is 0 Å². The SMILES string of the molecule is CC(C)(C)C1CCc2nc3ccccc3c(C(=O)OCc3ccc([N+](=O)[O-])cc3)c2C1. The number of hydrogen-bond donors (Lipinski definition) is 0. The van der Waals surface area contributed by atoms with E-state index in [9.17, 15) is 14.9 Å². The molecule has 1 atom stereocenters. The van der Waals surface area contributed by atoms with Crippen LogP contribution in [-0.4, -0.2) is 15.9 Å². The molecule has 0 spiro atoms. The lowest BCUT2D eigenvalue weighted by Crippen LogP contribution is -2.29. The fourth-order valence-electron chi connectivity index (χ4n) is 4.30. The van der Waals surface area contributed by atoms with Gasteiger partial charge in [0.15, 0.2) is 0 Å². The highest BCUT2D eigenvalue weighted by Gasteiger charge is 2.33. The van der Waals surface area contributed by atoms with Crippen molar-refractivity contribution >= 4 is 22.6 Å². The topological polar surface area (TPSA) is 82.3 Å².